The summed E-state index contributed by atoms with van der Waals surface area (Å²) in [6.45, 7) is 1.91. The van der Waals surface area contributed by atoms with Crippen molar-refractivity contribution in [3.63, 3.8) is 0 Å². The van der Waals surface area contributed by atoms with Crippen LogP contribution in [-0.2, 0) is 15.0 Å². The number of benzene rings is 1. The van der Waals surface area contributed by atoms with Crippen molar-refractivity contribution in [2.75, 3.05) is 24.5 Å². The molecule has 1 amide bonds. The predicted octanol–water partition coefficient (Wildman–Crippen LogP) is 3.29. The van der Waals surface area contributed by atoms with Crippen LogP contribution in [-0.4, -0.2) is 47.6 Å². The summed E-state index contributed by atoms with van der Waals surface area (Å²) in [6, 6.07) is 8.19. The minimum absolute atomic E-state index is 0.0394. The number of likely N-dealkylation sites (tertiary alicyclic amines) is 1. The number of aliphatic carboxylic acids is 1. The summed E-state index contributed by atoms with van der Waals surface area (Å²) >= 11 is 6.03. The van der Waals surface area contributed by atoms with Crippen LogP contribution in [0.3, 0.4) is 0 Å². The van der Waals surface area contributed by atoms with Crippen molar-refractivity contribution < 1.29 is 14.7 Å². The van der Waals surface area contributed by atoms with E-state index in [-0.39, 0.29) is 18.9 Å². The molecule has 1 unspecified atom stereocenters. The van der Waals surface area contributed by atoms with Crippen LogP contribution >= 0.6 is 11.6 Å². The van der Waals surface area contributed by atoms with E-state index in [0.29, 0.717) is 6.04 Å². The summed E-state index contributed by atoms with van der Waals surface area (Å²) in [7, 11) is 0. The molecule has 1 atom stereocenters. The van der Waals surface area contributed by atoms with Crippen LogP contribution in [0.2, 0.25) is 0 Å². The van der Waals surface area contributed by atoms with Crippen molar-refractivity contribution in [3.05, 3.63) is 53.1 Å². The Bertz CT molecular complexity index is 824. The first-order valence-electron chi connectivity index (χ1n) is 9.42. The zero-order valence-electron chi connectivity index (χ0n) is 15.1. The number of allylic oxidation sites excluding steroid dienone is 2. The van der Waals surface area contributed by atoms with E-state index < -0.39 is 11.4 Å². The quantitative estimate of drug-likeness (QED) is 0.862. The van der Waals surface area contributed by atoms with Gasteiger partial charge in [-0.25, -0.2) is 0 Å². The van der Waals surface area contributed by atoms with Gasteiger partial charge in [0.2, 0.25) is 5.91 Å². The molecule has 1 aromatic rings. The van der Waals surface area contributed by atoms with Gasteiger partial charge in [-0.3, -0.25) is 14.5 Å². The lowest BCUT2D eigenvalue weighted by molar-refractivity contribution is -0.136. The van der Waals surface area contributed by atoms with Crippen LogP contribution in [0.15, 0.2) is 47.5 Å². The molecule has 2 heterocycles. The Morgan fingerprint density at radius 2 is 2.00 bits per heavy atom. The molecule has 1 N–H and O–H groups in total. The van der Waals surface area contributed by atoms with E-state index in [1.54, 1.807) is 4.90 Å². The number of carbonyl (C=O) groups excluding carboxylic acids is 1. The lowest BCUT2D eigenvalue weighted by Crippen LogP contribution is -2.51. The summed E-state index contributed by atoms with van der Waals surface area (Å²) < 4.78 is 0. The standard InChI is InChI=1S/C21H23ClN2O3/c22-15-5-7-16(8-6-15)23-13-10-21(11-14-23)17-3-1-2-4-18(17)24(20(21)27)12-9-19(25)26/h1-7,16H,8-14H2,(H,25,26). The van der Waals surface area contributed by atoms with Crippen molar-refractivity contribution in [2.24, 2.45) is 0 Å². The third-order valence-corrected chi connectivity index (χ3v) is 6.35. The van der Waals surface area contributed by atoms with E-state index >= 15 is 0 Å². The van der Waals surface area contributed by atoms with Gasteiger partial charge in [0.1, 0.15) is 0 Å². The molecule has 1 fully saturated rings. The summed E-state index contributed by atoms with van der Waals surface area (Å²) in [5, 5.41) is 9.83. The number of carboxylic acids is 1. The molecule has 2 aliphatic heterocycles. The summed E-state index contributed by atoms with van der Waals surface area (Å²) in [5.74, 6) is -0.821. The fourth-order valence-corrected chi connectivity index (χ4v) is 4.76. The minimum Gasteiger partial charge on any atom is -0.481 e. The summed E-state index contributed by atoms with van der Waals surface area (Å²) in [6.07, 6.45) is 8.51. The lowest BCUT2D eigenvalue weighted by atomic mass is 9.73. The molecule has 142 valence electrons. The third-order valence-electron chi connectivity index (χ3n) is 6.07. The molecule has 1 spiro atoms. The van der Waals surface area contributed by atoms with Gasteiger partial charge in [-0.2, -0.15) is 0 Å². The number of rotatable bonds is 4. The topological polar surface area (TPSA) is 60.9 Å². The Morgan fingerprint density at radius 1 is 1.26 bits per heavy atom. The zero-order chi connectivity index (χ0) is 19.0. The zero-order valence-corrected chi connectivity index (χ0v) is 15.9. The van der Waals surface area contributed by atoms with Gasteiger partial charge < -0.3 is 10.0 Å². The molecular weight excluding hydrogens is 364 g/mol. The van der Waals surface area contributed by atoms with E-state index in [4.69, 9.17) is 16.7 Å². The number of fused-ring (bicyclic) bond motifs is 2. The van der Waals surface area contributed by atoms with Gasteiger partial charge in [0.15, 0.2) is 0 Å². The monoisotopic (exact) mass is 386 g/mol. The number of carboxylic acid groups (broad SMARTS) is 1. The Balaban J connectivity index is 1.54. The highest BCUT2D eigenvalue weighted by Crippen LogP contribution is 2.48. The van der Waals surface area contributed by atoms with Crippen LogP contribution in [0.25, 0.3) is 0 Å². The van der Waals surface area contributed by atoms with Crippen molar-refractivity contribution in [1.82, 2.24) is 4.90 Å². The largest absolute Gasteiger partial charge is 0.481 e. The molecular formula is C21H23ClN2O3. The van der Waals surface area contributed by atoms with Crippen molar-refractivity contribution in [1.29, 1.82) is 0 Å². The second-order valence-electron chi connectivity index (χ2n) is 7.49. The molecule has 6 heteroatoms. The maximum atomic E-state index is 13.4. The van der Waals surface area contributed by atoms with Crippen LogP contribution < -0.4 is 4.90 Å². The maximum absolute atomic E-state index is 13.4. The maximum Gasteiger partial charge on any atom is 0.305 e. The Labute approximate surface area is 163 Å². The number of halogens is 1. The molecule has 5 nitrogen and oxygen atoms in total. The SMILES string of the molecule is O=C(O)CCN1C(=O)C2(CCN(C3C=CC(Cl)=CC3)CC2)c2ccccc21. The second kappa shape index (κ2) is 7.13. The van der Waals surface area contributed by atoms with E-state index in [0.717, 1.165) is 48.6 Å². The van der Waals surface area contributed by atoms with E-state index in [2.05, 4.69) is 11.0 Å². The van der Waals surface area contributed by atoms with Gasteiger partial charge in [0, 0.05) is 36.4 Å². The molecule has 27 heavy (non-hydrogen) atoms. The van der Waals surface area contributed by atoms with Crippen molar-refractivity contribution >= 4 is 29.2 Å². The number of hydrogen-bond donors (Lipinski definition) is 1. The molecule has 4 rings (SSSR count). The molecule has 0 aromatic heterocycles. The molecule has 1 saturated heterocycles. The second-order valence-corrected chi connectivity index (χ2v) is 7.92. The fourth-order valence-electron chi connectivity index (χ4n) is 4.60. The Hall–Kier alpha value is -2.11. The minimum atomic E-state index is -0.883. The number of para-hydroxylation sites is 1. The normalized spacial score (nSPS) is 24.2. The molecule has 3 aliphatic rings. The van der Waals surface area contributed by atoms with E-state index in [1.807, 2.05) is 36.4 Å². The number of anilines is 1. The number of nitrogens with zero attached hydrogens (tertiary/aromatic N) is 2. The van der Waals surface area contributed by atoms with Crippen LogP contribution in [0.4, 0.5) is 5.69 Å². The molecule has 0 radical (unpaired) electrons. The number of hydrogen-bond acceptors (Lipinski definition) is 3. The van der Waals surface area contributed by atoms with Crippen molar-refractivity contribution in [3.8, 4) is 0 Å². The summed E-state index contributed by atoms with van der Waals surface area (Å²) in [5.41, 5.74) is 1.42. The van der Waals surface area contributed by atoms with Crippen LogP contribution in [0, 0.1) is 0 Å². The van der Waals surface area contributed by atoms with Gasteiger partial charge in [-0.1, -0.05) is 42.0 Å². The molecule has 0 bridgehead atoms. The molecule has 1 aliphatic carbocycles. The highest BCUT2D eigenvalue weighted by Gasteiger charge is 2.52. The van der Waals surface area contributed by atoms with Crippen LogP contribution in [0.1, 0.15) is 31.2 Å². The highest BCUT2D eigenvalue weighted by molar-refractivity contribution is 6.31. The van der Waals surface area contributed by atoms with Gasteiger partial charge in [0.25, 0.3) is 0 Å². The van der Waals surface area contributed by atoms with Crippen molar-refractivity contribution in [2.45, 2.75) is 37.1 Å². The van der Waals surface area contributed by atoms with Gasteiger partial charge in [0.05, 0.1) is 11.8 Å². The molecule has 1 aromatic carbocycles. The Morgan fingerprint density at radius 3 is 2.67 bits per heavy atom. The average Bonchev–Trinajstić information content (AvgIpc) is 2.90. The fraction of sp³-hybridized carbons (Fsp3) is 0.429. The number of carbonyl (C=O) groups is 2. The highest BCUT2D eigenvalue weighted by atomic mass is 35.5. The first-order valence-corrected chi connectivity index (χ1v) is 9.80. The summed E-state index contributed by atoms with van der Waals surface area (Å²) in [4.78, 5) is 28.5. The van der Waals surface area contributed by atoms with Gasteiger partial charge in [-0.05, 0) is 37.0 Å². The average molecular weight is 387 g/mol. The van der Waals surface area contributed by atoms with Crippen LogP contribution in [0.5, 0.6) is 0 Å². The smallest absolute Gasteiger partial charge is 0.305 e. The third kappa shape index (κ3) is 3.19. The van der Waals surface area contributed by atoms with Gasteiger partial charge >= 0.3 is 5.97 Å². The first kappa shape index (κ1) is 18.3. The number of amides is 1. The Kier molecular flexibility index (Phi) is 4.82. The van der Waals surface area contributed by atoms with E-state index in [1.165, 1.54) is 0 Å². The lowest BCUT2D eigenvalue weighted by Gasteiger charge is -2.41. The first-order chi connectivity index (χ1) is 13.0. The van der Waals surface area contributed by atoms with Gasteiger partial charge in [-0.15, -0.1) is 0 Å². The predicted molar refractivity (Wildman–Crippen MR) is 105 cm³/mol. The molecule has 0 saturated carbocycles. The van der Waals surface area contributed by atoms with E-state index in [9.17, 15) is 9.59 Å². The number of piperidine rings is 1.